The van der Waals surface area contributed by atoms with Gasteiger partial charge in [-0.1, -0.05) is 35.9 Å². The second-order valence-corrected chi connectivity index (χ2v) is 5.76. The first kappa shape index (κ1) is 13.9. The maximum Gasteiger partial charge on any atom is 0.122 e. The number of hydrogen-bond donors (Lipinski definition) is 1. The third-order valence-corrected chi connectivity index (χ3v) is 4.62. The molecule has 2 rings (SSSR count). The Labute approximate surface area is 119 Å². The van der Waals surface area contributed by atoms with Crippen molar-refractivity contribution in [2.75, 3.05) is 12.8 Å². The lowest BCUT2D eigenvalue weighted by Gasteiger charge is -2.10. The van der Waals surface area contributed by atoms with Crippen molar-refractivity contribution in [1.82, 2.24) is 0 Å². The highest BCUT2D eigenvalue weighted by Crippen LogP contribution is 2.29. The van der Waals surface area contributed by atoms with Crippen LogP contribution in [0.5, 0.6) is 5.75 Å². The van der Waals surface area contributed by atoms with E-state index in [-0.39, 0.29) is 0 Å². The van der Waals surface area contributed by atoms with Gasteiger partial charge in [0.1, 0.15) is 5.75 Å². The standard InChI is InChI=1S/C14H14ClNO2S/c1-18-13-8-3-2-5-10(13)9-19(17)14-11(15)6-4-7-12(14)16/h2-8H,9,16H2,1H3. The van der Waals surface area contributed by atoms with Gasteiger partial charge >= 0.3 is 0 Å². The number of nitrogens with two attached hydrogens (primary N) is 1. The second kappa shape index (κ2) is 6.08. The molecule has 0 amide bonds. The van der Waals surface area contributed by atoms with Crippen LogP contribution in [0.3, 0.4) is 0 Å². The van der Waals surface area contributed by atoms with E-state index in [9.17, 15) is 4.21 Å². The van der Waals surface area contributed by atoms with Gasteiger partial charge in [-0.15, -0.1) is 0 Å². The molecule has 0 saturated heterocycles. The quantitative estimate of drug-likeness (QED) is 0.881. The van der Waals surface area contributed by atoms with Gasteiger partial charge in [0.05, 0.1) is 33.6 Å². The number of hydrogen-bond acceptors (Lipinski definition) is 3. The van der Waals surface area contributed by atoms with Crippen LogP contribution in [0.1, 0.15) is 5.56 Å². The molecule has 0 heterocycles. The van der Waals surface area contributed by atoms with Crippen LogP contribution in [0.4, 0.5) is 5.69 Å². The van der Waals surface area contributed by atoms with E-state index in [2.05, 4.69) is 0 Å². The number of halogens is 1. The van der Waals surface area contributed by atoms with Crippen molar-refractivity contribution in [2.24, 2.45) is 0 Å². The Kier molecular flexibility index (Phi) is 4.45. The van der Waals surface area contributed by atoms with Crippen molar-refractivity contribution in [2.45, 2.75) is 10.6 Å². The van der Waals surface area contributed by atoms with Gasteiger partial charge in [-0.25, -0.2) is 0 Å². The third-order valence-electron chi connectivity index (χ3n) is 2.70. The number of nitrogen functional groups attached to an aromatic ring is 1. The van der Waals surface area contributed by atoms with Crippen molar-refractivity contribution in [3.8, 4) is 5.75 Å². The van der Waals surface area contributed by atoms with E-state index in [0.29, 0.717) is 27.1 Å². The van der Waals surface area contributed by atoms with E-state index in [0.717, 1.165) is 5.56 Å². The van der Waals surface area contributed by atoms with Crippen LogP contribution in [0, 0.1) is 0 Å². The average Bonchev–Trinajstić information content (AvgIpc) is 2.39. The SMILES string of the molecule is COc1ccccc1CS(=O)c1c(N)cccc1Cl. The fraction of sp³-hybridized carbons (Fsp3) is 0.143. The summed E-state index contributed by atoms with van der Waals surface area (Å²) in [5.74, 6) is 1.03. The van der Waals surface area contributed by atoms with Crippen LogP contribution >= 0.6 is 11.6 Å². The monoisotopic (exact) mass is 295 g/mol. The molecule has 3 nitrogen and oxygen atoms in total. The first-order valence-electron chi connectivity index (χ1n) is 5.67. The van der Waals surface area contributed by atoms with Crippen molar-refractivity contribution in [1.29, 1.82) is 0 Å². The van der Waals surface area contributed by atoms with Gasteiger partial charge < -0.3 is 10.5 Å². The Morgan fingerprint density at radius 2 is 1.95 bits per heavy atom. The molecule has 0 saturated carbocycles. The molecule has 1 atom stereocenters. The number of methoxy groups -OCH3 is 1. The highest BCUT2D eigenvalue weighted by molar-refractivity contribution is 7.84. The van der Waals surface area contributed by atoms with Gasteiger partial charge in [-0.3, -0.25) is 4.21 Å². The average molecular weight is 296 g/mol. The molecule has 1 unspecified atom stereocenters. The number of para-hydroxylation sites is 1. The fourth-order valence-corrected chi connectivity index (χ4v) is 3.52. The minimum absolute atomic E-state index is 0.317. The Bertz CT molecular complexity index is 596. The van der Waals surface area contributed by atoms with E-state index in [1.165, 1.54) is 0 Å². The molecule has 19 heavy (non-hydrogen) atoms. The highest BCUT2D eigenvalue weighted by atomic mass is 35.5. The zero-order chi connectivity index (χ0) is 13.8. The minimum Gasteiger partial charge on any atom is -0.496 e. The van der Waals surface area contributed by atoms with Gasteiger partial charge in [-0.05, 0) is 18.2 Å². The van der Waals surface area contributed by atoms with Gasteiger partial charge in [0.25, 0.3) is 0 Å². The summed E-state index contributed by atoms with van der Waals surface area (Å²) in [6.07, 6.45) is 0. The molecule has 0 fully saturated rings. The first-order valence-corrected chi connectivity index (χ1v) is 7.37. The predicted octanol–water partition coefficient (Wildman–Crippen LogP) is 3.24. The Morgan fingerprint density at radius 3 is 2.63 bits per heavy atom. The molecule has 0 aliphatic heterocycles. The van der Waals surface area contributed by atoms with Crippen molar-refractivity contribution in [3.63, 3.8) is 0 Å². The molecular formula is C14H14ClNO2S. The fourth-order valence-electron chi connectivity index (χ4n) is 1.80. The summed E-state index contributed by atoms with van der Waals surface area (Å²) in [5, 5.41) is 0.424. The third kappa shape index (κ3) is 3.08. The number of rotatable bonds is 4. The summed E-state index contributed by atoms with van der Waals surface area (Å²) in [6, 6.07) is 12.6. The Balaban J connectivity index is 2.31. The van der Waals surface area contributed by atoms with Gasteiger partial charge in [0, 0.05) is 11.3 Å². The summed E-state index contributed by atoms with van der Waals surface area (Å²) in [7, 11) is 0.283. The normalized spacial score (nSPS) is 12.1. The molecule has 2 N–H and O–H groups in total. The molecular weight excluding hydrogens is 282 g/mol. The molecule has 0 aliphatic carbocycles. The maximum atomic E-state index is 12.4. The molecule has 0 aliphatic rings. The second-order valence-electron chi connectivity index (χ2n) is 3.96. The van der Waals surface area contributed by atoms with Crippen molar-refractivity contribution >= 4 is 28.1 Å². The topological polar surface area (TPSA) is 52.3 Å². The van der Waals surface area contributed by atoms with Crippen molar-refractivity contribution < 1.29 is 8.95 Å². The molecule has 0 spiro atoms. The number of anilines is 1. The molecule has 0 radical (unpaired) electrons. The summed E-state index contributed by atoms with van der Waals surface area (Å²) < 4.78 is 17.7. The number of benzene rings is 2. The zero-order valence-corrected chi connectivity index (χ0v) is 12.0. The molecule has 0 aromatic heterocycles. The van der Waals surface area contributed by atoms with Crippen LogP contribution in [-0.4, -0.2) is 11.3 Å². The van der Waals surface area contributed by atoms with E-state index >= 15 is 0 Å². The highest BCUT2D eigenvalue weighted by Gasteiger charge is 2.14. The van der Waals surface area contributed by atoms with Crippen LogP contribution in [-0.2, 0) is 16.6 Å². The molecule has 5 heteroatoms. The lowest BCUT2D eigenvalue weighted by Crippen LogP contribution is -2.03. The summed E-state index contributed by atoms with van der Waals surface area (Å²) in [5.41, 5.74) is 7.15. The Morgan fingerprint density at radius 1 is 1.21 bits per heavy atom. The van der Waals surface area contributed by atoms with Gasteiger partial charge in [-0.2, -0.15) is 0 Å². The van der Waals surface area contributed by atoms with Crippen LogP contribution in [0.25, 0.3) is 0 Å². The number of ether oxygens (including phenoxy) is 1. The largest absolute Gasteiger partial charge is 0.496 e. The molecule has 2 aromatic rings. The first-order chi connectivity index (χ1) is 9.13. The smallest absolute Gasteiger partial charge is 0.122 e. The van der Waals surface area contributed by atoms with E-state index in [4.69, 9.17) is 22.1 Å². The zero-order valence-electron chi connectivity index (χ0n) is 10.4. The van der Waals surface area contributed by atoms with Crippen LogP contribution in [0.15, 0.2) is 47.4 Å². The summed E-state index contributed by atoms with van der Waals surface area (Å²) in [4.78, 5) is 0.482. The Hall–Kier alpha value is -1.52. The van der Waals surface area contributed by atoms with Gasteiger partial charge in [0.15, 0.2) is 0 Å². The molecule has 100 valence electrons. The maximum absolute atomic E-state index is 12.4. The van der Waals surface area contributed by atoms with E-state index < -0.39 is 10.8 Å². The lowest BCUT2D eigenvalue weighted by atomic mass is 10.2. The van der Waals surface area contributed by atoms with Crippen LogP contribution in [0.2, 0.25) is 5.02 Å². The van der Waals surface area contributed by atoms with E-state index in [1.54, 1.807) is 25.3 Å². The molecule has 2 aromatic carbocycles. The van der Waals surface area contributed by atoms with E-state index in [1.807, 2.05) is 24.3 Å². The van der Waals surface area contributed by atoms with Crippen LogP contribution < -0.4 is 10.5 Å². The lowest BCUT2D eigenvalue weighted by molar-refractivity contribution is 0.411. The minimum atomic E-state index is -1.31. The summed E-state index contributed by atoms with van der Waals surface area (Å²) in [6.45, 7) is 0. The van der Waals surface area contributed by atoms with Crippen molar-refractivity contribution in [3.05, 3.63) is 53.1 Å². The molecule has 0 bridgehead atoms. The van der Waals surface area contributed by atoms with Gasteiger partial charge in [0.2, 0.25) is 0 Å². The summed E-state index contributed by atoms with van der Waals surface area (Å²) >= 11 is 6.06. The predicted molar refractivity (Wildman–Crippen MR) is 79.0 cm³/mol.